The summed E-state index contributed by atoms with van der Waals surface area (Å²) < 4.78 is 16.2. The highest BCUT2D eigenvalue weighted by Gasteiger charge is 2.22. The molecule has 1 aliphatic rings. The van der Waals surface area contributed by atoms with Crippen molar-refractivity contribution in [2.24, 2.45) is 5.92 Å². The van der Waals surface area contributed by atoms with Gasteiger partial charge in [0.15, 0.2) is 23.9 Å². The molecule has 0 N–H and O–H groups in total. The molecule has 7 heteroatoms. The van der Waals surface area contributed by atoms with E-state index in [-0.39, 0.29) is 17.3 Å². The molecule has 0 unspecified atom stereocenters. The minimum absolute atomic E-state index is 0.0470. The van der Waals surface area contributed by atoms with Gasteiger partial charge < -0.3 is 19.1 Å². The highest BCUT2D eigenvalue weighted by molar-refractivity contribution is 6.01. The molecule has 0 radical (unpaired) electrons. The Bertz CT molecular complexity index is 968. The van der Waals surface area contributed by atoms with E-state index in [1.165, 1.54) is 13.2 Å². The second-order valence-corrected chi connectivity index (χ2v) is 7.77. The molecule has 0 bridgehead atoms. The van der Waals surface area contributed by atoms with Gasteiger partial charge in [0, 0.05) is 24.2 Å². The van der Waals surface area contributed by atoms with Crippen LogP contribution in [-0.2, 0) is 9.53 Å². The molecular formula is C24H27NO6. The minimum Gasteiger partial charge on any atom is -0.493 e. The zero-order valence-corrected chi connectivity index (χ0v) is 18.1. The Hall–Kier alpha value is -3.35. The number of hydrogen-bond acceptors (Lipinski definition) is 6. The number of ether oxygens (including phenoxy) is 3. The fourth-order valence-electron chi connectivity index (χ4n) is 3.24. The molecule has 1 heterocycles. The van der Waals surface area contributed by atoms with E-state index < -0.39 is 12.6 Å². The number of rotatable bonds is 9. The molecule has 2 aromatic rings. The zero-order valence-electron chi connectivity index (χ0n) is 18.1. The van der Waals surface area contributed by atoms with Crippen molar-refractivity contribution in [3.63, 3.8) is 0 Å². The normalized spacial score (nSPS) is 13.4. The van der Waals surface area contributed by atoms with Gasteiger partial charge in [0.05, 0.1) is 19.3 Å². The quantitative estimate of drug-likeness (QED) is 0.448. The summed E-state index contributed by atoms with van der Waals surface area (Å²) in [4.78, 5) is 38.5. The van der Waals surface area contributed by atoms with E-state index in [0.717, 1.165) is 6.42 Å². The van der Waals surface area contributed by atoms with E-state index in [2.05, 4.69) is 0 Å². The molecule has 164 valence electrons. The summed E-state index contributed by atoms with van der Waals surface area (Å²) >= 11 is 0. The number of anilines is 1. The lowest BCUT2D eigenvalue weighted by Crippen LogP contribution is -2.24. The molecule has 1 saturated heterocycles. The fourth-order valence-corrected chi connectivity index (χ4v) is 3.24. The second kappa shape index (κ2) is 10.1. The van der Waals surface area contributed by atoms with Crippen LogP contribution in [0.1, 0.15) is 47.4 Å². The van der Waals surface area contributed by atoms with Crippen molar-refractivity contribution in [3.05, 3.63) is 53.6 Å². The topological polar surface area (TPSA) is 82.1 Å². The number of carbonyl (C=O) groups excluding carboxylic acids is 3. The first-order chi connectivity index (χ1) is 14.9. The Labute approximate surface area is 181 Å². The number of esters is 1. The number of ketones is 1. The lowest BCUT2D eigenvalue weighted by molar-refractivity contribution is -0.117. The van der Waals surface area contributed by atoms with Crippen LogP contribution >= 0.6 is 0 Å². The number of hydrogen-bond donors (Lipinski definition) is 0. The first-order valence-electron chi connectivity index (χ1n) is 10.3. The molecule has 0 aliphatic carbocycles. The van der Waals surface area contributed by atoms with Crippen LogP contribution in [0.3, 0.4) is 0 Å². The first kappa shape index (κ1) is 22.3. The summed E-state index contributed by atoms with van der Waals surface area (Å²) in [6, 6.07) is 11.6. The van der Waals surface area contributed by atoms with Crippen LogP contribution in [-0.4, -0.2) is 44.5 Å². The maximum absolute atomic E-state index is 12.5. The summed E-state index contributed by atoms with van der Waals surface area (Å²) in [5, 5.41) is 0. The summed E-state index contributed by atoms with van der Waals surface area (Å²) in [5.74, 6) is 0.383. The number of benzene rings is 2. The maximum atomic E-state index is 12.5. The van der Waals surface area contributed by atoms with Crippen LogP contribution in [0.5, 0.6) is 11.5 Å². The molecule has 0 saturated carbocycles. The third kappa shape index (κ3) is 5.63. The van der Waals surface area contributed by atoms with Crippen molar-refractivity contribution in [2.75, 3.05) is 31.8 Å². The van der Waals surface area contributed by atoms with Crippen LogP contribution in [0.15, 0.2) is 42.5 Å². The highest BCUT2D eigenvalue weighted by Crippen LogP contribution is 2.29. The third-order valence-corrected chi connectivity index (χ3v) is 4.86. The molecule has 3 rings (SSSR count). The third-order valence-electron chi connectivity index (χ3n) is 4.86. The van der Waals surface area contributed by atoms with E-state index in [1.54, 1.807) is 41.3 Å². The summed E-state index contributed by atoms with van der Waals surface area (Å²) in [6.07, 6.45) is 1.32. The Morgan fingerprint density at radius 1 is 1.06 bits per heavy atom. The molecule has 7 nitrogen and oxygen atoms in total. The highest BCUT2D eigenvalue weighted by atomic mass is 16.5. The van der Waals surface area contributed by atoms with Crippen LogP contribution < -0.4 is 14.4 Å². The van der Waals surface area contributed by atoms with Crippen molar-refractivity contribution in [1.82, 2.24) is 0 Å². The van der Waals surface area contributed by atoms with Gasteiger partial charge in [-0.05, 0) is 42.7 Å². The number of methoxy groups -OCH3 is 1. The maximum Gasteiger partial charge on any atom is 0.338 e. The largest absolute Gasteiger partial charge is 0.493 e. The summed E-state index contributed by atoms with van der Waals surface area (Å²) in [7, 11) is 1.49. The molecule has 1 fully saturated rings. The lowest BCUT2D eigenvalue weighted by atomic mass is 10.1. The lowest BCUT2D eigenvalue weighted by Gasteiger charge is -2.16. The van der Waals surface area contributed by atoms with Crippen molar-refractivity contribution >= 4 is 23.3 Å². The molecule has 2 aromatic carbocycles. The molecule has 1 aliphatic heterocycles. The number of carbonyl (C=O) groups is 3. The zero-order chi connectivity index (χ0) is 22.4. The van der Waals surface area contributed by atoms with Gasteiger partial charge in [-0.3, -0.25) is 9.59 Å². The van der Waals surface area contributed by atoms with Crippen LogP contribution in [0.2, 0.25) is 0 Å². The average Bonchev–Trinajstić information content (AvgIpc) is 3.21. The minimum atomic E-state index is -0.632. The summed E-state index contributed by atoms with van der Waals surface area (Å²) in [6.45, 7) is 4.84. The van der Waals surface area contributed by atoms with E-state index >= 15 is 0 Å². The van der Waals surface area contributed by atoms with Crippen LogP contribution in [0.4, 0.5) is 5.69 Å². The second-order valence-electron chi connectivity index (χ2n) is 7.77. The summed E-state index contributed by atoms with van der Waals surface area (Å²) in [5.41, 5.74) is 1.33. The van der Waals surface area contributed by atoms with Crippen molar-refractivity contribution < 1.29 is 28.6 Å². The van der Waals surface area contributed by atoms with Gasteiger partial charge in [0.2, 0.25) is 5.91 Å². The SMILES string of the molecule is COc1cc(C(=O)OCC(=O)c2cccc(N3CCCC3=O)c2)ccc1OCC(C)C. The standard InChI is InChI=1S/C24H27NO6/c1-16(2)14-30-21-10-9-18(13-22(21)29-3)24(28)31-15-20(26)17-6-4-7-19(12-17)25-11-5-8-23(25)27/h4,6-7,9-10,12-13,16H,5,8,11,14-15H2,1-3H3. The van der Waals surface area contributed by atoms with Gasteiger partial charge in [-0.15, -0.1) is 0 Å². The van der Waals surface area contributed by atoms with E-state index in [1.807, 2.05) is 13.8 Å². The molecular weight excluding hydrogens is 398 g/mol. The van der Waals surface area contributed by atoms with E-state index in [0.29, 0.717) is 48.2 Å². The smallest absolute Gasteiger partial charge is 0.338 e. The Morgan fingerprint density at radius 3 is 2.55 bits per heavy atom. The predicted octanol–water partition coefficient (Wildman–Crippen LogP) is 3.90. The van der Waals surface area contributed by atoms with Gasteiger partial charge in [0.25, 0.3) is 0 Å². The Kier molecular flexibility index (Phi) is 7.28. The van der Waals surface area contributed by atoms with Gasteiger partial charge in [-0.25, -0.2) is 4.79 Å². The molecule has 1 amide bonds. The van der Waals surface area contributed by atoms with Crippen molar-refractivity contribution in [1.29, 1.82) is 0 Å². The monoisotopic (exact) mass is 425 g/mol. The van der Waals surface area contributed by atoms with Crippen molar-refractivity contribution in [3.8, 4) is 11.5 Å². The van der Waals surface area contributed by atoms with Gasteiger partial charge in [0.1, 0.15) is 0 Å². The predicted molar refractivity (Wildman–Crippen MR) is 116 cm³/mol. The van der Waals surface area contributed by atoms with E-state index in [9.17, 15) is 14.4 Å². The molecule has 31 heavy (non-hydrogen) atoms. The average molecular weight is 425 g/mol. The fraction of sp³-hybridized carbons (Fsp3) is 0.375. The number of nitrogens with zero attached hydrogens (tertiary/aromatic N) is 1. The van der Waals surface area contributed by atoms with Crippen LogP contribution in [0, 0.1) is 5.92 Å². The molecule has 0 aromatic heterocycles. The van der Waals surface area contributed by atoms with Gasteiger partial charge in [-0.1, -0.05) is 26.0 Å². The van der Waals surface area contributed by atoms with Gasteiger partial charge >= 0.3 is 5.97 Å². The number of amides is 1. The van der Waals surface area contributed by atoms with Gasteiger partial charge in [-0.2, -0.15) is 0 Å². The number of Topliss-reactive ketones (excluding diaryl/α,β-unsaturated/α-hetero) is 1. The Balaban J connectivity index is 1.62. The molecule has 0 atom stereocenters. The van der Waals surface area contributed by atoms with E-state index in [4.69, 9.17) is 14.2 Å². The van der Waals surface area contributed by atoms with Crippen LogP contribution in [0.25, 0.3) is 0 Å². The first-order valence-corrected chi connectivity index (χ1v) is 10.3. The Morgan fingerprint density at radius 2 is 1.87 bits per heavy atom. The molecule has 0 spiro atoms. The van der Waals surface area contributed by atoms with Crippen molar-refractivity contribution in [2.45, 2.75) is 26.7 Å².